The molecule has 1 saturated heterocycles. The second kappa shape index (κ2) is 8.04. The Hall–Kier alpha value is -0.120. The first-order chi connectivity index (χ1) is 7.80. The van der Waals surface area contributed by atoms with E-state index in [1.807, 2.05) is 0 Å². The molecule has 0 aromatic heterocycles. The van der Waals surface area contributed by atoms with Gasteiger partial charge in [0.05, 0.1) is 0 Å². The van der Waals surface area contributed by atoms with Gasteiger partial charge in [-0.15, -0.1) is 0 Å². The van der Waals surface area contributed by atoms with Gasteiger partial charge in [-0.3, -0.25) is 0 Å². The third kappa shape index (κ3) is 4.81. The van der Waals surface area contributed by atoms with Crippen LogP contribution in [-0.4, -0.2) is 48.8 Å². The van der Waals surface area contributed by atoms with Gasteiger partial charge in [0.15, 0.2) is 0 Å². The fraction of sp³-hybridized carbons (Fsp3) is 1.00. The maximum absolute atomic E-state index is 9.06. The van der Waals surface area contributed by atoms with Crippen molar-refractivity contribution in [3.63, 3.8) is 0 Å². The fourth-order valence-electron chi connectivity index (χ4n) is 2.69. The molecule has 0 bridgehead atoms. The zero-order valence-corrected chi connectivity index (χ0v) is 10.9. The van der Waals surface area contributed by atoms with Crippen LogP contribution in [0.2, 0.25) is 0 Å². The van der Waals surface area contributed by atoms with Gasteiger partial charge < -0.3 is 15.3 Å². The molecule has 0 radical (unpaired) electrons. The van der Waals surface area contributed by atoms with Crippen molar-refractivity contribution in [3.8, 4) is 0 Å². The van der Waals surface area contributed by atoms with E-state index in [1.54, 1.807) is 0 Å². The van der Waals surface area contributed by atoms with Crippen molar-refractivity contribution in [2.45, 2.75) is 45.6 Å². The number of nitrogens with zero attached hydrogens (tertiary/aromatic N) is 1. The van der Waals surface area contributed by atoms with E-state index in [4.69, 9.17) is 5.11 Å². The van der Waals surface area contributed by atoms with Crippen LogP contribution in [0.25, 0.3) is 0 Å². The molecule has 96 valence electrons. The first-order valence-corrected chi connectivity index (χ1v) is 6.86. The molecule has 1 rings (SSSR count). The van der Waals surface area contributed by atoms with E-state index in [9.17, 15) is 0 Å². The van der Waals surface area contributed by atoms with Crippen molar-refractivity contribution in [2.75, 3.05) is 32.8 Å². The highest BCUT2D eigenvalue weighted by Gasteiger charge is 2.25. The van der Waals surface area contributed by atoms with E-state index >= 15 is 0 Å². The van der Waals surface area contributed by atoms with Crippen LogP contribution in [0.1, 0.15) is 39.5 Å². The monoisotopic (exact) mass is 228 g/mol. The zero-order chi connectivity index (χ0) is 11.8. The van der Waals surface area contributed by atoms with Crippen LogP contribution in [-0.2, 0) is 0 Å². The number of rotatable bonds is 7. The lowest BCUT2D eigenvalue weighted by Crippen LogP contribution is -2.49. The predicted molar refractivity (Wildman–Crippen MR) is 68.6 cm³/mol. The van der Waals surface area contributed by atoms with Gasteiger partial charge in [0.25, 0.3) is 0 Å². The van der Waals surface area contributed by atoms with Crippen molar-refractivity contribution >= 4 is 0 Å². The summed E-state index contributed by atoms with van der Waals surface area (Å²) in [7, 11) is 0. The summed E-state index contributed by atoms with van der Waals surface area (Å²) in [4.78, 5) is 2.55. The highest BCUT2D eigenvalue weighted by molar-refractivity contribution is 4.83. The van der Waals surface area contributed by atoms with Crippen molar-refractivity contribution in [3.05, 3.63) is 0 Å². The maximum atomic E-state index is 9.06. The molecule has 16 heavy (non-hydrogen) atoms. The van der Waals surface area contributed by atoms with Gasteiger partial charge in [-0.05, 0) is 44.7 Å². The number of nitrogens with one attached hydrogen (secondary N) is 1. The van der Waals surface area contributed by atoms with Gasteiger partial charge in [0, 0.05) is 25.7 Å². The van der Waals surface area contributed by atoms with Gasteiger partial charge in [-0.2, -0.15) is 0 Å². The molecule has 0 amide bonds. The van der Waals surface area contributed by atoms with Crippen LogP contribution in [0.15, 0.2) is 0 Å². The Morgan fingerprint density at radius 3 is 2.69 bits per heavy atom. The van der Waals surface area contributed by atoms with Crippen LogP contribution >= 0.6 is 0 Å². The predicted octanol–water partition coefficient (Wildman–Crippen LogP) is 1.47. The Bertz CT molecular complexity index is 161. The largest absolute Gasteiger partial charge is 0.396 e. The summed E-state index contributed by atoms with van der Waals surface area (Å²) >= 11 is 0. The summed E-state index contributed by atoms with van der Waals surface area (Å²) in [6.45, 7) is 9.48. The summed E-state index contributed by atoms with van der Waals surface area (Å²) in [5.41, 5.74) is 0. The zero-order valence-electron chi connectivity index (χ0n) is 10.9. The lowest BCUT2D eigenvalue weighted by molar-refractivity contribution is 0.121. The molecule has 2 atom stereocenters. The number of hydrogen-bond donors (Lipinski definition) is 2. The van der Waals surface area contributed by atoms with Crippen molar-refractivity contribution in [1.82, 2.24) is 10.2 Å². The van der Waals surface area contributed by atoms with E-state index in [0.29, 0.717) is 18.6 Å². The fourth-order valence-corrected chi connectivity index (χ4v) is 2.69. The molecule has 3 heteroatoms. The van der Waals surface area contributed by atoms with Crippen LogP contribution in [0.5, 0.6) is 0 Å². The molecule has 0 aromatic rings. The van der Waals surface area contributed by atoms with Crippen LogP contribution in [0, 0.1) is 5.92 Å². The Labute approximate surface area is 100 Å². The minimum Gasteiger partial charge on any atom is -0.396 e. The average Bonchev–Trinajstić information content (AvgIpc) is 2.27. The molecule has 1 aliphatic rings. The molecule has 0 spiro atoms. The minimum atomic E-state index is 0.338. The Morgan fingerprint density at radius 1 is 1.25 bits per heavy atom. The van der Waals surface area contributed by atoms with Crippen LogP contribution < -0.4 is 5.32 Å². The smallest absolute Gasteiger partial charge is 0.0434 e. The molecule has 2 N–H and O–H groups in total. The number of likely N-dealkylation sites (tertiary alicyclic amines) is 1. The van der Waals surface area contributed by atoms with E-state index in [1.165, 1.54) is 38.9 Å². The van der Waals surface area contributed by atoms with Gasteiger partial charge in [-0.25, -0.2) is 0 Å². The number of hydrogen-bond acceptors (Lipinski definition) is 3. The van der Waals surface area contributed by atoms with Crippen LogP contribution in [0.4, 0.5) is 0 Å². The quantitative estimate of drug-likeness (QED) is 0.692. The van der Waals surface area contributed by atoms with Gasteiger partial charge in [0.1, 0.15) is 0 Å². The van der Waals surface area contributed by atoms with Crippen molar-refractivity contribution in [1.29, 1.82) is 0 Å². The first-order valence-electron chi connectivity index (χ1n) is 6.86. The first kappa shape index (κ1) is 13.9. The maximum Gasteiger partial charge on any atom is 0.0434 e. The van der Waals surface area contributed by atoms with E-state index in [0.717, 1.165) is 13.0 Å². The molecule has 3 nitrogen and oxygen atoms in total. The summed E-state index contributed by atoms with van der Waals surface area (Å²) in [5.74, 6) is 0.680. The summed E-state index contributed by atoms with van der Waals surface area (Å²) < 4.78 is 0. The third-order valence-electron chi connectivity index (χ3n) is 3.37. The molecule has 1 heterocycles. The highest BCUT2D eigenvalue weighted by atomic mass is 16.3. The van der Waals surface area contributed by atoms with E-state index in [-0.39, 0.29) is 0 Å². The number of aliphatic hydroxyl groups excluding tert-OH is 1. The Morgan fingerprint density at radius 2 is 2.06 bits per heavy atom. The molecule has 0 saturated carbocycles. The Kier molecular flexibility index (Phi) is 7.01. The van der Waals surface area contributed by atoms with E-state index < -0.39 is 0 Å². The lowest BCUT2D eigenvalue weighted by Gasteiger charge is -2.38. The normalized spacial score (nSPS) is 27.2. The molecule has 1 aliphatic heterocycles. The topological polar surface area (TPSA) is 35.5 Å². The molecular weight excluding hydrogens is 200 g/mol. The van der Waals surface area contributed by atoms with E-state index in [2.05, 4.69) is 24.1 Å². The number of piperidine rings is 1. The average molecular weight is 228 g/mol. The SMILES string of the molecule is CCCNC1CC(CCO)CN(CCC)C1. The summed E-state index contributed by atoms with van der Waals surface area (Å²) in [6.07, 6.45) is 4.63. The summed E-state index contributed by atoms with van der Waals surface area (Å²) in [6, 6.07) is 0.636. The molecular formula is C13H28N2O. The van der Waals surface area contributed by atoms with Crippen LogP contribution in [0.3, 0.4) is 0 Å². The molecule has 0 aliphatic carbocycles. The standard InChI is InChI=1S/C13H28N2O/c1-3-6-14-13-9-12(5-8-16)10-15(11-13)7-4-2/h12-14,16H,3-11H2,1-2H3. The Balaban J connectivity index is 2.38. The second-order valence-corrected chi connectivity index (χ2v) is 5.02. The molecule has 2 unspecified atom stereocenters. The van der Waals surface area contributed by atoms with Crippen molar-refractivity contribution in [2.24, 2.45) is 5.92 Å². The van der Waals surface area contributed by atoms with Gasteiger partial charge in [-0.1, -0.05) is 13.8 Å². The van der Waals surface area contributed by atoms with Gasteiger partial charge in [0.2, 0.25) is 0 Å². The minimum absolute atomic E-state index is 0.338. The summed E-state index contributed by atoms with van der Waals surface area (Å²) in [5, 5.41) is 12.7. The lowest BCUT2D eigenvalue weighted by atomic mass is 9.91. The third-order valence-corrected chi connectivity index (χ3v) is 3.37. The molecule has 0 aromatic carbocycles. The molecule has 1 fully saturated rings. The number of aliphatic hydroxyl groups is 1. The van der Waals surface area contributed by atoms with Gasteiger partial charge >= 0.3 is 0 Å². The second-order valence-electron chi connectivity index (χ2n) is 5.02. The van der Waals surface area contributed by atoms with Crippen molar-refractivity contribution < 1.29 is 5.11 Å². The highest BCUT2D eigenvalue weighted by Crippen LogP contribution is 2.20.